The lowest BCUT2D eigenvalue weighted by Crippen LogP contribution is -2.12. The summed E-state index contributed by atoms with van der Waals surface area (Å²) in [5.74, 6) is 0.183. The van der Waals surface area contributed by atoms with Crippen LogP contribution >= 0.6 is 0 Å². The molecule has 20 heavy (non-hydrogen) atoms. The third-order valence-electron chi connectivity index (χ3n) is 2.81. The van der Waals surface area contributed by atoms with E-state index in [1.54, 1.807) is 30.3 Å². The number of nitriles is 1. The van der Waals surface area contributed by atoms with Crippen molar-refractivity contribution < 1.29 is 9.53 Å². The second-order valence-electron chi connectivity index (χ2n) is 4.31. The summed E-state index contributed by atoms with van der Waals surface area (Å²) in [6.07, 6.45) is 0. The normalized spacial score (nSPS) is 9.80. The van der Waals surface area contributed by atoms with Crippen molar-refractivity contribution in [2.24, 2.45) is 5.73 Å². The Hall–Kier alpha value is -3.00. The van der Waals surface area contributed by atoms with Crippen molar-refractivity contribution in [1.82, 2.24) is 0 Å². The summed E-state index contributed by atoms with van der Waals surface area (Å²) in [7, 11) is 0. The third-order valence-corrected chi connectivity index (χ3v) is 2.81. The van der Waals surface area contributed by atoms with Gasteiger partial charge in [0.05, 0.1) is 17.2 Å². The Morgan fingerprint density at radius 3 is 2.60 bits per heavy atom. The largest absolute Gasteiger partial charge is 0.456 e. The van der Waals surface area contributed by atoms with E-state index in [2.05, 4.69) is 0 Å². The zero-order chi connectivity index (χ0) is 14.7. The third kappa shape index (κ3) is 2.70. The zero-order valence-electron chi connectivity index (χ0n) is 10.9. The Kier molecular flexibility index (Phi) is 3.58. The van der Waals surface area contributed by atoms with Crippen molar-refractivity contribution in [1.29, 1.82) is 5.26 Å². The SMILES string of the molecule is Cc1ccc(C#N)cc1Oc1ccc(N)cc1C(N)=O. The van der Waals surface area contributed by atoms with Gasteiger partial charge in [-0.2, -0.15) is 5.26 Å². The van der Waals surface area contributed by atoms with Crippen LogP contribution in [0, 0.1) is 18.3 Å². The van der Waals surface area contributed by atoms with Crippen LogP contribution in [0.3, 0.4) is 0 Å². The Morgan fingerprint density at radius 1 is 1.20 bits per heavy atom. The standard InChI is InChI=1S/C15H13N3O2/c1-9-2-3-10(8-16)6-14(9)20-13-5-4-11(17)7-12(13)15(18)19/h2-7H,17H2,1H3,(H2,18,19). The average molecular weight is 267 g/mol. The maximum atomic E-state index is 11.4. The lowest BCUT2D eigenvalue weighted by molar-refractivity contribution is 0.0998. The summed E-state index contributed by atoms with van der Waals surface area (Å²) >= 11 is 0. The molecule has 0 unspecified atom stereocenters. The molecule has 5 nitrogen and oxygen atoms in total. The molecule has 1 amide bonds. The lowest BCUT2D eigenvalue weighted by Gasteiger charge is -2.12. The molecular formula is C15H13N3O2. The number of nitrogens with zero attached hydrogens (tertiary/aromatic N) is 1. The molecule has 0 aromatic heterocycles. The molecule has 0 fully saturated rings. The van der Waals surface area contributed by atoms with E-state index in [1.165, 1.54) is 6.07 Å². The highest BCUT2D eigenvalue weighted by Gasteiger charge is 2.12. The zero-order valence-corrected chi connectivity index (χ0v) is 10.9. The van der Waals surface area contributed by atoms with Crippen LogP contribution in [0.25, 0.3) is 0 Å². The van der Waals surface area contributed by atoms with E-state index in [9.17, 15) is 4.79 Å². The average Bonchev–Trinajstić information content (AvgIpc) is 2.42. The van der Waals surface area contributed by atoms with Gasteiger partial charge in [0.1, 0.15) is 11.5 Å². The highest BCUT2D eigenvalue weighted by molar-refractivity contribution is 5.96. The smallest absolute Gasteiger partial charge is 0.252 e. The van der Waals surface area contributed by atoms with Crippen molar-refractivity contribution in [2.75, 3.05) is 5.73 Å². The summed E-state index contributed by atoms with van der Waals surface area (Å²) in [5.41, 5.74) is 12.9. The van der Waals surface area contributed by atoms with Crippen LogP contribution in [0.4, 0.5) is 5.69 Å². The summed E-state index contributed by atoms with van der Waals surface area (Å²) in [6, 6.07) is 11.8. The van der Waals surface area contributed by atoms with Crippen LogP contribution in [0.2, 0.25) is 0 Å². The van der Waals surface area contributed by atoms with Crippen LogP contribution in [-0.2, 0) is 0 Å². The maximum Gasteiger partial charge on any atom is 0.252 e. The maximum absolute atomic E-state index is 11.4. The number of primary amides is 1. The molecule has 0 atom stereocenters. The highest BCUT2D eigenvalue weighted by atomic mass is 16.5. The van der Waals surface area contributed by atoms with Crippen molar-refractivity contribution >= 4 is 11.6 Å². The van der Waals surface area contributed by atoms with Gasteiger partial charge < -0.3 is 16.2 Å². The molecule has 0 bridgehead atoms. The number of nitrogen functional groups attached to an aromatic ring is 1. The number of rotatable bonds is 3. The molecule has 0 heterocycles. The molecule has 2 aromatic rings. The van der Waals surface area contributed by atoms with E-state index >= 15 is 0 Å². The molecule has 0 aliphatic rings. The number of nitrogens with two attached hydrogens (primary N) is 2. The Morgan fingerprint density at radius 2 is 1.95 bits per heavy atom. The highest BCUT2D eigenvalue weighted by Crippen LogP contribution is 2.29. The number of hydrogen-bond acceptors (Lipinski definition) is 4. The van der Waals surface area contributed by atoms with E-state index in [0.717, 1.165) is 5.56 Å². The van der Waals surface area contributed by atoms with Gasteiger partial charge in [-0.15, -0.1) is 0 Å². The van der Waals surface area contributed by atoms with Gasteiger partial charge in [-0.1, -0.05) is 6.07 Å². The quantitative estimate of drug-likeness (QED) is 0.833. The molecule has 0 saturated heterocycles. The number of hydrogen-bond donors (Lipinski definition) is 2. The molecule has 100 valence electrons. The predicted molar refractivity (Wildman–Crippen MR) is 75.3 cm³/mol. The van der Waals surface area contributed by atoms with E-state index in [-0.39, 0.29) is 5.56 Å². The van der Waals surface area contributed by atoms with Crippen LogP contribution in [0.1, 0.15) is 21.5 Å². The van der Waals surface area contributed by atoms with Gasteiger partial charge in [-0.3, -0.25) is 4.79 Å². The minimum absolute atomic E-state index is 0.201. The van der Waals surface area contributed by atoms with Crippen molar-refractivity contribution in [3.63, 3.8) is 0 Å². The molecule has 4 N–H and O–H groups in total. The number of benzene rings is 2. The molecule has 0 saturated carbocycles. The van der Waals surface area contributed by atoms with Gasteiger partial charge in [0, 0.05) is 5.69 Å². The van der Waals surface area contributed by atoms with Gasteiger partial charge in [-0.25, -0.2) is 0 Å². The predicted octanol–water partition coefficient (Wildman–Crippen LogP) is 2.34. The first-order chi connectivity index (χ1) is 9.51. The molecule has 0 aliphatic carbocycles. The number of carbonyl (C=O) groups is 1. The summed E-state index contributed by atoms with van der Waals surface area (Å²) in [4.78, 5) is 11.4. The molecule has 2 rings (SSSR count). The fourth-order valence-corrected chi connectivity index (χ4v) is 1.73. The first-order valence-corrected chi connectivity index (χ1v) is 5.89. The summed E-state index contributed by atoms with van der Waals surface area (Å²) < 4.78 is 5.69. The molecule has 0 aliphatic heterocycles. The van der Waals surface area contributed by atoms with Crippen LogP contribution in [-0.4, -0.2) is 5.91 Å². The van der Waals surface area contributed by atoms with Gasteiger partial charge in [0.15, 0.2) is 0 Å². The first kappa shape index (κ1) is 13.4. The molecule has 5 heteroatoms. The van der Waals surface area contributed by atoms with E-state index in [1.807, 2.05) is 13.0 Å². The fraction of sp³-hybridized carbons (Fsp3) is 0.0667. The van der Waals surface area contributed by atoms with Crippen molar-refractivity contribution in [3.8, 4) is 17.6 Å². The number of anilines is 1. The first-order valence-electron chi connectivity index (χ1n) is 5.89. The van der Waals surface area contributed by atoms with Crippen molar-refractivity contribution in [3.05, 3.63) is 53.1 Å². The Bertz CT molecular complexity index is 718. The van der Waals surface area contributed by atoms with E-state index < -0.39 is 5.91 Å². The summed E-state index contributed by atoms with van der Waals surface area (Å²) in [5, 5.41) is 8.90. The fourth-order valence-electron chi connectivity index (χ4n) is 1.73. The van der Waals surface area contributed by atoms with Gasteiger partial charge in [0.2, 0.25) is 0 Å². The molecule has 0 radical (unpaired) electrons. The number of amides is 1. The Labute approximate surface area is 116 Å². The minimum Gasteiger partial charge on any atom is -0.456 e. The monoisotopic (exact) mass is 267 g/mol. The Balaban J connectivity index is 2.45. The second-order valence-corrected chi connectivity index (χ2v) is 4.31. The topological polar surface area (TPSA) is 102 Å². The molecule has 2 aromatic carbocycles. The summed E-state index contributed by atoms with van der Waals surface area (Å²) in [6.45, 7) is 1.84. The van der Waals surface area contributed by atoms with Gasteiger partial charge in [0.25, 0.3) is 5.91 Å². The number of ether oxygens (including phenoxy) is 1. The molecule has 0 spiro atoms. The molecular weight excluding hydrogens is 254 g/mol. The van der Waals surface area contributed by atoms with Crippen LogP contribution < -0.4 is 16.2 Å². The van der Waals surface area contributed by atoms with Gasteiger partial charge in [-0.05, 0) is 42.8 Å². The van der Waals surface area contributed by atoms with E-state index in [0.29, 0.717) is 22.7 Å². The van der Waals surface area contributed by atoms with Gasteiger partial charge >= 0.3 is 0 Å². The van der Waals surface area contributed by atoms with Crippen LogP contribution in [0.15, 0.2) is 36.4 Å². The number of aryl methyl sites for hydroxylation is 1. The van der Waals surface area contributed by atoms with Crippen LogP contribution in [0.5, 0.6) is 11.5 Å². The lowest BCUT2D eigenvalue weighted by atomic mass is 10.1. The minimum atomic E-state index is -0.624. The van der Waals surface area contributed by atoms with E-state index in [4.69, 9.17) is 21.5 Å². The second kappa shape index (κ2) is 5.33. The van der Waals surface area contributed by atoms with Crippen molar-refractivity contribution in [2.45, 2.75) is 6.92 Å². The number of carbonyl (C=O) groups excluding carboxylic acids is 1.